The number of nitrogens with one attached hydrogen (secondary N) is 1. The highest BCUT2D eigenvalue weighted by Crippen LogP contribution is 2.21. The standard InChI is InChI=1S/C21H26N2O5S/c1-4-27-19-8-10-20(11-9-19)29(25,26)22-18-7-5-6-17(12-18)21(24)23-13-15(2)28-16(3)14-23/h5-12,15-16,22H,4,13-14H2,1-3H3/t15-,16-/m0/s1. The Hall–Kier alpha value is -2.58. The molecule has 1 fully saturated rings. The Morgan fingerprint density at radius 1 is 1.14 bits per heavy atom. The van der Waals surface area contributed by atoms with Gasteiger partial charge in [-0.15, -0.1) is 0 Å². The van der Waals surface area contributed by atoms with E-state index in [9.17, 15) is 13.2 Å². The van der Waals surface area contributed by atoms with Crippen LogP contribution in [0, 0.1) is 0 Å². The molecule has 0 unspecified atom stereocenters. The van der Waals surface area contributed by atoms with Crippen molar-refractivity contribution in [1.82, 2.24) is 4.90 Å². The van der Waals surface area contributed by atoms with E-state index in [1.807, 2.05) is 20.8 Å². The molecule has 7 nitrogen and oxygen atoms in total. The molecule has 1 heterocycles. The van der Waals surface area contributed by atoms with E-state index in [1.165, 1.54) is 12.1 Å². The van der Waals surface area contributed by atoms with E-state index >= 15 is 0 Å². The van der Waals surface area contributed by atoms with Gasteiger partial charge in [0, 0.05) is 24.3 Å². The number of sulfonamides is 1. The van der Waals surface area contributed by atoms with Gasteiger partial charge in [-0.25, -0.2) is 8.42 Å². The monoisotopic (exact) mass is 418 g/mol. The zero-order valence-electron chi connectivity index (χ0n) is 16.8. The number of benzene rings is 2. The van der Waals surface area contributed by atoms with Crippen LogP contribution < -0.4 is 9.46 Å². The van der Waals surface area contributed by atoms with Crippen molar-refractivity contribution in [1.29, 1.82) is 0 Å². The molecular weight excluding hydrogens is 392 g/mol. The minimum atomic E-state index is -3.78. The van der Waals surface area contributed by atoms with E-state index in [4.69, 9.17) is 9.47 Å². The van der Waals surface area contributed by atoms with E-state index in [1.54, 1.807) is 41.3 Å². The molecule has 8 heteroatoms. The molecule has 0 aromatic heterocycles. The van der Waals surface area contributed by atoms with Crippen LogP contribution in [-0.2, 0) is 14.8 Å². The SMILES string of the molecule is CCOc1ccc(S(=O)(=O)Nc2cccc(C(=O)N3C[C@H](C)O[C@@H](C)C3)c2)cc1. The fourth-order valence-electron chi connectivity index (χ4n) is 3.34. The highest BCUT2D eigenvalue weighted by Gasteiger charge is 2.27. The summed E-state index contributed by atoms with van der Waals surface area (Å²) in [6.07, 6.45) is -0.0758. The molecule has 1 aliphatic heterocycles. The van der Waals surface area contributed by atoms with E-state index in [0.717, 1.165) is 0 Å². The Kier molecular flexibility index (Phi) is 6.44. The first-order chi connectivity index (χ1) is 13.8. The average molecular weight is 419 g/mol. The smallest absolute Gasteiger partial charge is 0.261 e. The first kappa shape index (κ1) is 21.1. The van der Waals surface area contributed by atoms with Crippen LogP contribution in [0.1, 0.15) is 31.1 Å². The topological polar surface area (TPSA) is 84.9 Å². The van der Waals surface area contributed by atoms with Gasteiger partial charge in [0.25, 0.3) is 15.9 Å². The summed E-state index contributed by atoms with van der Waals surface area (Å²) in [5.41, 5.74) is 0.761. The number of carbonyl (C=O) groups excluding carboxylic acids is 1. The maximum Gasteiger partial charge on any atom is 0.261 e. The molecule has 2 aromatic carbocycles. The number of nitrogens with zero attached hydrogens (tertiary/aromatic N) is 1. The third-order valence-corrected chi connectivity index (χ3v) is 5.91. The minimum absolute atomic E-state index is 0.0379. The Morgan fingerprint density at radius 3 is 2.41 bits per heavy atom. The van der Waals surface area contributed by atoms with Gasteiger partial charge < -0.3 is 14.4 Å². The van der Waals surface area contributed by atoms with Gasteiger partial charge in [-0.2, -0.15) is 0 Å². The van der Waals surface area contributed by atoms with Crippen LogP contribution in [0.5, 0.6) is 5.75 Å². The predicted molar refractivity (Wildman–Crippen MR) is 111 cm³/mol. The summed E-state index contributed by atoms with van der Waals surface area (Å²) in [7, 11) is -3.78. The van der Waals surface area contributed by atoms with Crippen LogP contribution in [0.3, 0.4) is 0 Å². The molecule has 0 bridgehead atoms. The zero-order chi connectivity index (χ0) is 21.0. The summed E-state index contributed by atoms with van der Waals surface area (Å²) in [5.74, 6) is 0.460. The van der Waals surface area contributed by atoms with Crippen LogP contribution in [0.15, 0.2) is 53.4 Å². The molecule has 29 heavy (non-hydrogen) atoms. The molecule has 0 spiro atoms. The van der Waals surface area contributed by atoms with Gasteiger partial charge in [0.1, 0.15) is 5.75 Å². The Morgan fingerprint density at radius 2 is 1.79 bits per heavy atom. The number of carbonyl (C=O) groups is 1. The lowest BCUT2D eigenvalue weighted by Crippen LogP contribution is -2.48. The third-order valence-electron chi connectivity index (χ3n) is 4.51. The van der Waals surface area contributed by atoms with Crippen molar-refractivity contribution in [2.45, 2.75) is 37.9 Å². The molecule has 1 N–H and O–H groups in total. The van der Waals surface area contributed by atoms with Crippen LogP contribution >= 0.6 is 0 Å². The molecule has 1 amide bonds. The molecule has 2 aromatic rings. The van der Waals surface area contributed by atoms with Gasteiger partial charge in [0.15, 0.2) is 0 Å². The largest absolute Gasteiger partial charge is 0.494 e. The number of ether oxygens (including phenoxy) is 2. The quantitative estimate of drug-likeness (QED) is 0.779. The molecule has 0 saturated carbocycles. The molecule has 0 aliphatic carbocycles. The second-order valence-electron chi connectivity index (χ2n) is 7.06. The number of morpholine rings is 1. The molecular formula is C21H26N2O5S. The number of rotatable bonds is 6. The summed E-state index contributed by atoms with van der Waals surface area (Å²) in [5, 5.41) is 0. The average Bonchev–Trinajstić information content (AvgIpc) is 2.67. The van der Waals surface area contributed by atoms with Gasteiger partial charge in [0.05, 0.1) is 23.7 Å². The van der Waals surface area contributed by atoms with Gasteiger partial charge in [-0.05, 0) is 63.2 Å². The number of anilines is 1. The number of hydrogen-bond donors (Lipinski definition) is 1. The van der Waals surface area contributed by atoms with E-state index in [2.05, 4.69) is 4.72 Å². The maximum absolute atomic E-state index is 12.9. The molecule has 1 saturated heterocycles. The molecule has 1 aliphatic rings. The first-order valence-electron chi connectivity index (χ1n) is 9.59. The summed E-state index contributed by atoms with van der Waals surface area (Å²) in [6, 6.07) is 12.7. The Labute approximate surface area is 171 Å². The predicted octanol–water partition coefficient (Wildman–Crippen LogP) is 3.14. The fourth-order valence-corrected chi connectivity index (χ4v) is 4.39. The van der Waals surface area contributed by atoms with E-state index in [0.29, 0.717) is 36.7 Å². The van der Waals surface area contributed by atoms with Gasteiger partial charge >= 0.3 is 0 Å². The highest BCUT2D eigenvalue weighted by molar-refractivity contribution is 7.92. The molecule has 3 rings (SSSR count). The second kappa shape index (κ2) is 8.84. The maximum atomic E-state index is 12.9. The zero-order valence-corrected chi connectivity index (χ0v) is 17.6. The molecule has 0 radical (unpaired) electrons. The summed E-state index contributed by atoms with van der Waals surface area (Å²) in [4.78, 5) is 14.7. The summed E-state index contributed by atoms with van der Waals surface area (Å²) < 4.78 is 38.9. The lowest BCUT2D eigenvalue weighted by Gasteiger charge is -2.35. The van der Waals surface area contributed by atoms with Crippen molar-refractivity contribution in [2.24, 2.45) is 0 Å². The van der Waals surface area contributed by atoms with Gasteiger partial charge in [0.2, 0.25) is 0 Å². The van der Waals surface area contributed by atoms with Gasteiger partial charge in [-0.3, -0.25) is 9.52 Å². The van der Waals surface area contributed by atoms with E-state index in [-0.39, 0.29) is 23.0 Å². The van der Waals surface area contributed by atoms with Crippen LogP contribution in [0.4, 0.5) is 5.69 Å². The first-order valence-corrected chi connectivity index (χ1v) is 11.1. The summed E-state index contributed by atoms with van der Waals surface area (Å²) >= 11 is 0. The van der Waals surface area contributed by atoms with Crippen LogP contribution in [0.25, 0.3) is 0 Å². The minimum Gasteiger partial charge on any atom is -0.494 e. The van der Waals surface area contributed by atoms with Crippen molar-refractivity contribution in [3.8, 4) is 5.75 Å². The van der Waals surface area contributed by atoms with Gasteiger partial charge in [-0.1, -0.05) is 6.07 Å². The van der Waals surface area contributed by atoms with E-state index < -0.39 is 10.0 Å². The number of hydrogen-bond acceptors (Lipinski definition) is 5. The van der Waals surface area contributed by atoms with Crippen molar-refractivity contribution in [3.05, 3.63) is 54.1 Å². The van der Waals surface area contributed by atoms with Crippen molar-refractivity contribution < 1.29 is 22.7 Å². The lowest BCUT2D eigenvalue weighted by molar-refractivity contribution is -0.0586. The fraction of sp³-hybridized carbons (Fsp3) is 0.381. The van der Waals surface area contributed by atoms with Crippen LogP contribution in [-0.4, -0.2) is 51.1 Å². The lowest BCUT2D eigenvalue weighted by atomic mass is 10.1. The van der Waals surface area contributed by atoms with Crippen molar-refractivity contribution in [3.63, 3.8) is 0 Å². The van der Waals surface area contributed by atoms with Crippen molar-refractivity contribution in [2.75, 3.05) is 24.4 Å². The highest BCUT2D eigenvalue weighted by atomic mass is 32.2. The normalized spacial score (nSPS) is 19.6. The second-order valence-corrected chi connectivity index (χ2v) is 8.74. The summed E-state index contributed by atoms with van der Waals surface area (Å²) in [6.45, 7) is 7.23. The Balaban J connectivity index is 1.76. The number of amides is 1. The molecule has 2 atom stereocenters. The van der Waals surface area contributed by atoms with Crippen LogP contribution in [0.2, 0.25) is 0 Å². The third kappa shape index (κ3) is 5.27. The Bertz CT molecular complexity index is 949. The van der Waals surface area contributed by atoms with Crippen molar-refractivity contribution >= 4 is 21.6 Å². The molecule has 156 valence electrons.